The molecule has 6 nitrogen and oxygen atoms in total. The Hall–Kier alpha value is -2.28. The molecule has 1 fully saturated rings. The van der Waals surface area contributed by atoms with Gasteiger partial charge in [-0.25, -0.2) is 9.37 Å². The second kappa shape index (κ2) is 7.76. The van der Waals surface area contributed by atoms with E-state index in [4.69, 9.17) is 14.2 Å². The molecule has 0 saturated carbocycles. The van der Waals surface area contributed by atoms with Gasteiger partial charge in [-0.05, 0) is 37.8 Å². The molecular formula is C20H24FN3O3. The fourth-order valence-electron chi connectivity index (χ4n) is 3.79. The molecule has 2 aromatic heterocycles. The number of pyridine rings is 1. The molecule has 144 valence electrons. The Bertz CT molecular complexity index is 828. The molecule has 0 spiro atoms. The van der Waals surface area contributed by atoms with Gasteiger partial charge in [0.15, 0.2) is 5.78 Å². The lowest BCUT2D eigenvalue weighted by atomic mass is 9.96. The highest BCUT2D eigenvalue weighted by atomic mass is 19.1. The van der Waals surface area contributed by atoms with E-state index in [1.165, 1.54) is 0 Å². The highest BCUT2D eigenvalue weighted by molar-refractivity contribution is 5.99. The van der Waals surface area contributed by atoms with Gasteiger partial charge in [0, 0.05) is 36.8 Å². The standard InChI is InChI=1S/C20H24FN3O3/c1-13-10-15(23-27-13)11-19(25)17-12-20(24-6-2-14(21)3-7-24)22-18-5-9-26-8-4-16(17)18/h10,12,14H,2-9,11H2,1H3. The van der Waals surface area contributed by atoms with Crippen molar-refractivity contribution in [3.8, 4) is 0 Å². The second-order valence-corrected chi connectivity index (χ2v) is 7.26. The van der Waals surface area contributed by atoms with Crippen LogP contribution in [0.5, 0.6) is 0 Å². The number of anilines is 1. The first-order valence-corrected chi connectivity index (χ1v) is 9.55. The first kappa shape index (κ1) is 18.1. The topological polar surface area (TPSA) is 68.5 Å². The summed E-state index contributed by atoms with van der Waals surface area (Å²) < 4.78 is 24.2. The summed E-state index contributed by atoms with van der Waals surface area (Å²) in [7, 11) is 0. The van der Waals surface area contributed by atoms with E-state index >= 15 is 0 Å². The van der Waals surface area contributed by atoms with Crippen LogP contribution in [0, 0.1) is 6.92 Å². The van der Waals surface area contributed by atoms with Gasteiger partial charge >= 0.3 is 0 Å². The number of hydrogen-bond donors (Lipinski definition) is 0. The van der Waals surface area contributed by atoms with E-state index in [9.17, 15) is 9.18 Å². The number of hydrogen-bond acceptors (Lipinski definition) is 6. The highest BCUT2D eigenvalue weighted by Crippen LogP contribution is 2.27. The van der Waals surface area contributed by atoms with Crippen LogP contribution in [0.4, 0.5) is 10.2 Å². The number of piperidine rings is 1. The molecule has 4 heterocycles. The van der Waals surface area contributed by atoms with E-state index < -0.39 is 6.17 Å². The maximum absolute atomic E-state index is 13.5. The minimum absolute atomic E-state index is 0.00507. The molecule has 0 amide bonds. The van der Waals surface area contributed by atoms with Gasteiger partial charge in [-0.3, -0.25) is 4.79 Å². The number of aryl methyl sites for hydroxylation is 1. The fraction of sp³-hybridized carbons (Fsp3) is 0.550. The molecule has 0 bridgehead atoms. The van der Waals surface area contributed by atoms with Crippen molar-refractivity contribution < 1.29 is 18.4 Å². The third-order valence-corrected chi connectivity index (χ3v) is 5.24. The summed E-state index contributed by atoms with van der Waals surface area (Å²) in [6, 6.07) is 3.66. The number of halogens is 1. The van der Waals surface area contributed by atoms with Crippen molar-refractivity contribution in [1.82, 2.24) is 10.1 Å². The maximum Gasteiger partial charge on any atom is 0.169 e. The smallest absolute Gasteiger partial charge is 0.169 e. The molecule has 0 aliphatic carbocycles. The van der Waals surface area contributed by atoms with Gasteiger partial charge in [-0.1, -0.05) is 5.16 Å². The van der Waals surface area contributed by atoms with Crippen LogP contribution in [0.2, 0.25) is 0 Å². The molecule has 0 unspecified atom stereocenters. The number of carbonyl (C=O) groups excluding carboxylic acids is 1. The SMILES string of the molecule is Cc1cc(CC(=O)c2cc(N3CCC(F)CC3)nc3c2CCOCC3)no1. The van der Waals surface area contributed by atoms with Crippen molar-refractivity contribution in [2.75, 3.05) is 31.2 Å². The van der Waals surface area contributed by atoms with Gasteiger partial charge in [0.05, 0.1) is 25.3 Å². The molecule has 0 atom stereocenters. The highest BCUT2D eigenvalue weighted by Gasteiger charge is 2.25. The molecule has 27 heavy (non-hydrogen) atoms. The first-order valence-electron chi connectivity index (χ1n) is 9.55. The van der Waals surface area contributed by atoms with Gasteiger partial charge < -0.3 is 14.2 Å². The molecule has 0 N–H and O–H groups in total. The summed E-state index contributed by atoms with van der Waals surface area (Å²) in [5.74, 6) is 1.46. The van der Waals surface area contributed by atoms with Crippen LogP contribution >= 0.6 is 0 Å². The van der Waals surface area contributed by atoms with Crippen LogP contribution in [0.1, 0.15) is 45.9 Å². The van der Waals surface area contributed by atoms with Gasteiger partial charge in [0.2, 0.25) is 0 Å². The Balaban J connectivity index is 1.67. The average Bonchev–Trinajstić information content (AvgIpc) is 2.92. The van der Waals surface area contributed by atoms with Gasteiger partial charge in [-0.15, -0.1) is 0 Å². The Kier molecular flexibility index (Phi) is 5.20. The zero-order chi connectivity index (χ0) is 18.8. The zero-order valence-electron chi connectivity index (χ0n) is 15.5. The number of ketones is 1. The lowest BCUT2D eigenvalue weighted by molar-refractivity contribution is 0.0989. The number of nitrogens with zero attached hydrogens (tertiary/aromatic N) is 3. The minimum Gasteiger partial charge on any atom is -0.381 e. The molecular weight excluding hydrogens is 349 g/mol. The second-order valence-electron chi connectivity index (χ2n) is 7.26. The van der Waals surface area contributed by atoms with Crippen molar-refractivity contribution in [3.63, 3.8) is 0 Å². The quantitative estimate of drug-likeness (QED) is 0.768. The first-order chi connectivity index (χ1) is 13.1. The summed E-state index contributed by atoms with van der Waals surface area (Å²) in [6.45, 7) is 4.25. The summed E-state index contributed by atoms with van der Waals surface area (Å²) in [6.07, 6.45) is 1.82. The minimum atomic E-state index is -0.744. The Morgan fingerprint density at radius 3 is 2.78 bits per heavy atom. The number of ether oxygens (including phenoxy) is 1. The van der Waals surface area contributed by atoms with Crippen LogP contribution in [-0.2, 0) is 24.0 Å². The number of aromatic nitrogens is 2. The van der Waals surface area contributed by atoms with Gasteiger partial charge in [0.25, 0.3) is 0 Å². The van der Waals surface area contributed by atoms with Crippen LogP contribution in [0.3, 0.4) is 0 Å². The van der Waals surface area contributed by atoms with Crippen molar-refractivity contribution in [2.45, 2.75) is 45.2 Å². The van der Waals surface area contributed by atoms with E-state index in [2.05, 4.69) is 10.1 Å². The average molecular weight is 373 g/mol. The molecule has 1 saturated heterocycles. The van der Waals surface area contributed by atoms with Crippen molar-refractivity contribution >= 4 is 11.6 Å². The maximum atomic E-state index is 13.5. The Morgan fingerprint density at radius 2 is 2.04 bits per heavy atom. The summed E-state index contributed by atoms with van der Waals surface area (Å²) in [5, 5.41) is 3.94. The Morgan fingerprint density at radius 1 is 1.26 bits per heavy atom. The van der Waals surface area contributed by atoms with E-state index in [0.717, 1.165) is 17.1 Å². The van der Waals surface area contributed by atoms with E-state index in [1.807, 2.05) is 13.0 Å². The van der Waals surface area contributed by atoms with Crippen LogP contribution in [0.25, 0.3) is 0 Å². The van der Waals surface area contributed by atoms with E-state index in [1.54, 1.807) is 6.07 Å². The predicted octanol–water partition coefficient (Wildman–Crippen LogP) is 2.86. The molecule has 7 heteroatoms. The lowest BCUT2D eigenvalue weighted by Gasteiger charge is -2.30. The lowest BCUT2D eigenvalue weighted by Crippen LogP contribution is -2.35. The number of fused-ring (bicyclic) bond motifs is 1. The molecule has 0 aromatic carbocycles. The number of alkyl halides is 1. The summed E-state index contributed by atoms with van der Waals surface area (Å²) >= 11 is 0. The van der Waals surface area contributed by atoms with Crippen LogP contribution in [0.15, 0.2) is 16.7 Å². The van der Waals surface area contributed by atoms with Crippen LogP contribution in [-0.4, -0.2) is 48.4 Å². The van der Waals surface area contributed by atoms with Crippen molar-refractivity contribution in [1.29, 1.82) is 0 Å². The van der Waals surface area contributed by atoms with Crippen LogP contribution < -0.4 is 4.90 Å². The molecule has 2 aliphatic rings. The largest absolute Gasteiger partial charge is 0.381 e. The fourth-order valence-corrected chi connectivity index (χ4v) is 3.79. The van der Waals surface area contributed by atoms with E-state index in [0.29, 0.717) is 69.0 Å². The monoisotopic (exact) mass is 373 g/mol. The number of Topliss-reactive ketones (excluding diaryl/α,β-unsaturated/α-hetero) is 1. The van der Waals surface area contributed by atoms with E-state index in [-0.39, 0.29) is 12.2 Å². The third kappa shape index (κ3) is 4.03. The summed E-state index contributed by atoms with van der Waals surface area (Å²) in [5.41, 5.74) is 3.21. The molecule has 2 aromatic rings. The molecule has 0 radical (unpaired) electrons. The van der Waals surface area contributed by atoms with Crippen molar-refractivity contribution in [2.24, 2.45) is 0 Å². The summed E-state index contributed by atoms with van der Waals surface area (Å²) in [4.78, 5) is 20.0. The van der Waals surface area contributed by atoms with Gasteiger partial charge in [-0.2, -0.15) is 0 Å². The molecule has 2 aliphatic heterocycles. The number of carbonyl (C=O) groups is 1. The normalized spacial score (nSPS) is 18.2. The van der Waals surface area contributed by atoms with Gasteiger partial charge in [0.1, 0.15) is 17.7 Å². The predicted molar refractivity (Wildman–Crippen MR) is 98.1 cm³/mol. The number of rotatable bonds is 4. The molecule has 4 rings (SSSR count). The van der Waals surface area contributed by atoms with Crippen molar-refractivity contribution in [3.05, 3.63) is 40.4 Å². The third-order valence-electron chi connectivity index (χ3n) is 5.24. The zero-order valence-corrected chi connectivity index (χ0v) is 15.5. The Labute approximate surface area is 157 Å².